The maximum atomic E-state index is 4.51. The largest absolute Gasteiger partial charge is 0.370 e. The third kappa shape index (κ3) is 4.36. The summed E-state index contributed by atoms with van der Waals surface area (Å²) in [4.78, 5) is 13.4. The minimum Gasteiger partial charge on any atom is -0.370 e. The highest BCUT2D eigenvalue weighted by molar-refractivity contribution is 8.01. The number of aryl methyl sites for hydroxylation is 1. The molecule has 0 spiro atoms. The number of thiazole rings is 1. The lowest BCUT2D eigenvalue weighted by Crippen LogP contribution is -2.03. The molecule has 2 aromatic rings. The molecule has 19 heavy (non-hydrogen) atoms. The van der Waals surface area contributed by atoms with Gasteiger partial charge in [0.05, 0.1) is 0 Å². The van der Waals surface area contributed by atoms with Gasteiger partial charge in [0.1, 0.15) is 10.8 Å². The first-order valence-corrected chi connectivity index (χ1v) is 8.90. The van der Waals surface area contributed by atoms with Crippen LogP contribution in [0.5, 0.6) is 0 Å². The van der Waals surface area contributed by atoms with Gasteiger partial charge in [-0.2, -0.15) is 0 Å². The molecule has 0 atom stereocenters. The molecule has 0 aliphatic carbocycles. The molecular formula is C12H16N4S3. The maximum Gasteiger partial charge on any atom is 0.190 e. The number of anilines is 1. The molecule has 4 nitrogen and oxygen atoms in total. The van der Waals surface area contributed by atoms with E-state index >= 15 is 0 Å². The van der Waals surface area contributed by atoms with Gasteiger partial charge < -0.3 is 5.32 Å². The lowest BCUT2D eigenvalue weighted by molar-refractivity contribution is 0.878. The summed E-state index contributed by atoms with van der Waals surface area (Å²) in [6.45, 7) is 5.06. The van der Waals surface area contributed by atoms with E-state index in [1.807, 2.05) is 19.2 Å². The Balaban J connectivity index is 2.18. The third-order valence-corrected chi connectivity index (χ3v) is 4.73. The summed E-state index contributed by atoms with van der Waals surface area (Å²) in [7, 11) is 0. The van der Waals surface area contributed by atoms with E-state index in [4.69, 9.17) is 0 Å². The van der Waals surface area contributed by atoms with Crippen LogP contribution in [0.4, 0.5) is 5.82 Å². The molecular weight excluding hydrogens is 296 g/mol. The predicted molar refractivity (Wildman–Crippen MR) is 83.6 cm³/mol. The number of nitrogens with one attached hydrogen (secondary N) is 1. The van der Waals surface area contributed by atoms with Crippen LogP contribution in [0.1, 0.15) is 19.0 Å². The first-order valence-electron chi connectivity index (χ1n) is 5.98. The standard InChI is InChI=1S/C12H16N4S3/c1-4-5-13-9-6-10(16-11(15-9)17-3)19-12-14-8(2)7-18-12/h6-7H,4-5H2,1-3H3,(H,13,15,16). The molecule has 0 saturated heterocycles. The lowest BCUT2D eigenvalue weighted by Gasteiger charge is -2.07. The van der Waals surface area contributed by atoms with Gasteiger partial charge in [0.25, 0.3) is 0 Å². The Morgan fingerprint density at radius 2 is 2.16 bits per heavy atom. The van der Waals surface area contributed by atoms with Crippen LogP contribution < -0.4 is 5.32 Å². The number of nitrogens with zero attached hydrogens (tertiary/aromatic N) is 3. The fraction of sp³-hybridized carbons (Fsp3) is 0.417. The van der Waals surface area contributed by atoms with Gasteiger partial charge in [-0.1, -0.05) is 18.7 Å². The average molecular weight is 312 g/mol. The fourth-order valence-electron chi connectivity index (χ4n) is 1.36. The van der Waals surface area contributed by atoms with Crippen molar-refractivity contribution >= 4 is 40.7 Å². The van der Waals surface area contributed by atoms with Gasteiger partial charge in [0, 0.05) is 23.7 Å². The molecule has 1 N–H and O–H groups in total. The van der Waals surface area contributed by atoms with Crippen molar-refractivity contribution < 1.29 is 0 Å². The van der Waals surface area contributed by atoms with Crippen LogP contribution in [0.3, 0.4) is 0 Å². The molecule has 0 amide bonds. The van der Waals surface area contributed by atoms with Gasteiger partial charge in [-0.15, -0.1) is 11.3 Å². The summed E-state index contributed by atoms with van der Waals surface area (Å²) >= 11 is 4.79. The van der Waals surface area contributed by atoms with Crippen molar-refractivity contribution in [2.75, 3.05) is 18.1 Å². The summed E-state index contributed by atoms with van der Waals surface area (Å²) in [6.07, 6.45) is 3.06. The molecule has 0 radical (unpaired) electrons. The van der Waals surface area contributed by atoms with Crippen molar-refractivity contribution in [1.29, 1.82) is 0 Å². The van der Waals surface area contributed by atoms with E-state index in [2.05, 4.69) is 32.6 Å². The van der Waals surface area contributed by atoms with Crippen molar-refractivity contribution in [3.05, 3.63) is 17.1 Å². The van der Waals surface area contributed by atoms with E-state index < -0.39 is 0 Å². The van der Waals surface area contributed by atoms with E-state index in [9.17, 15) is 0 Å². The fourth-order valence-corrected chi connectivity index (χ4v) is 3.58. The van der Waals surface area contributed by atoms with Crippen LogP contribution in [-0.2, 0) is 0 Å². The molecule has 0 saturated carbocycles. The van der Waals surface area contributed by atoms with Crippen LogP contribution in [0.25, 0.3) is 0 Å². The number of thioether (sulfide) groups is 1. The molecule has 0 aliphatic heterocycles. The zero-order valence-electron chi connectivity index (χ0n) is 11.1. The molecule has 2 rings (SSSR count). The van der Waals surface area contributed by atoms with Gasteiger partial charge in [-0.3, -0.25) is 0 Å². The Bertz CT molecular complexity index is 542. The second-order valence-corrected chi connectivity index (χ2v) is 6.76. The van der Waals surface area contributed by atoms with Crippen LogP contribution >= 0.6 is 34.9 Å². The zero-order chi connectivity index (χ0) is 13.7. The Hall–Kier alpha value is -0.790. The Kier molecular flexibility index (Phi) is 5.47. The first kappa shape index (κ1) is 14.6. The number of rotatable bonds is 6. The van der Waals surface area contributed by atoms with Crippen molar-refractivity contribution in [2.24, 2.45) is 0 Å². The van der Waals surface area contributed by atoms with E-state index in [1.165, 1.54) is 0 Å². The zero-order valence-corrected chi connectivity index (χ0v) is 13.6. The third-order valence-electron chi connectivity index (χ3n) is 2.21. The molecule has 102 valence electrons. The second-order valence-electron chi connectivity index (χ2n) is 3.86. The van der Waals surface area contributed by atoms with E-state index in [-0.39, 0.29) is 0 Å². The average Bonchev–Trinajstić information content (AvgIpc) is 2.81. The summed E-state index contributed by atoms with van der Waals surface area (Å²) in [6, 6.07) is 1.98. The van der Waals surface area contributed by atoms with Gasteiger partial charge in [-0.05, 0) is 31.4 Å². The minimum atomic E-state index is 0.789. The minimum absolute atomic E-state index is 0.789. The topological polar surface area (TPSA) is 50.7 Å². The number of aromatic nitrogens is 3. The quantitative estimate of drug-likeness (QED) is 0.495. The Labute approximate surface area is 125 Å². The molecule has 0 unspecified atom stereocenters. The monoisotopic (exact) mass is 312 g/mol. The maximum absolute atomic E-state index is 4.51. The molecule has 7 heteroatoms. The molecule has 2 aromatic heterocycles. The number of hydrogen-bond acceptors (Lipinski definition) is 7. The Morgan fingerprint density at radius 1 is 1.32 bits per heavy atom. The van der Waals surface area contributed by atoms with Gasteiger partial charge in [-0.25, -0.2) is 15.0 Å². The van der Waals surface area contributed by atoms with Crippen LogP contribution in [0.2, 0.25) is 0 Å². The van der Waals surface area contributed by atoms with Crippen molar-refractivity contribution in [2.45, 2.75) is 34.8 Å². The Morgan fingerprint density at radius 3 is 2.79 bits per heavy atom. The van der Waals surface area contributed by atoms with Crippen LogP contribution in [0, 0.1) is 6.92 Å². The molecule has 0 aliphatic rings. The predicted octanol–water partition coefficient (Wildman–Crippen LogP) is 3.94. The highest BCUT2D eigenvalue weighted by atomic mass is 32.2. The highest BCUT2D eigenvalue weighted by Crippen LogP contribution is 2.31. The second kappa shape index (κ2) is 7.12. The van der Waals surface area contributed by atoms with Gasteiger partial charge in [0.2, 0.25) is 0 Å². The van der Waals surface area contributed by atoms with Crippen molar-refractivity contribution in [3.8, 4) is 0 Å². The number of hydrogen-bond donors (Lipinski definition) is 1. The molecule has 2 heterocycles. The normalized spacial score (nSPS) is 10.7. The SMILES string of the molecule is CCCNc1cc(Sc2nc(C)cs2)nc(SC)n1. The molecule has 0 fully saturated rings. The van der Waals surface area contributed by atoms with E-state index in [1.54, 1.807) is 34.9 Å². The van der Waals surface area contributed by atoms with E-state index in [0.717, 1.165) is 39.0 Å². The first-order chi connectivity index (χ1) is 9.21. The summed E-state index contributed by atoms with van der Waals surface area (Å²) in [5.41, 5.74) is 1.05. The summed E-state index contributed by atoms with van der Waals surface area (Å²) in [5.74, 6) is 0.886. The summed E-state index contributed by atoms with van der Waals surface area (Å²) in [5, 5.41) is 7.08. The summed E-state index contributed by atoms with van der Waals surface area (Å²) < 4.78 is 1.02. The van der Waals surface area contributed by atoms with Crippen LogP contribution in [-0.4, -0.2) is 27.8 Å². The van der Waals surface area contributed by atoms with E-state index in [0.29, 0.717) is 0 Å². The lowest BCUT2D eigenvalue weighted by atomic mass is 10.4. The molecule has 0 bridgehead atoms. The van der Waals surface area contributed by atoms with Crippen molar-refractivity contribution in [3.63, 3.8) is 0 Å². The van der Waals surface area contributed by atoms with Gasteiger partial charge >= 0.3 is 0 Å². The molecule has 0 aromatic carbocycles. The smallest absolute Gasteiger partial charge is 0.190 e. The van der Waals surface area contributed by atoms with Gasteiger partial charge in [0.15, 0.2) is 9.50 Å². The highest BCUT2D eigenvalue weighted by Gasteiger charge is 2.07. The van der Waals surface area contributed by atoms with Crippen molar-refractivity contribution in [1.82, 2.24) is 15.0 Å². The van der Waals surface area contributed by atoms with Crippen LogP contribution in [0.15, 0.2) is 26.0 Å².